The van der Waals surface area contributed by atoms with Crippen LogP contribution in [0, 0.1) is 0 Å². The van der Waals surface area contributed by atoms with Crippen LogP contribution in [0.5, 0.6) is 0 Å². The number of hydrogen-bond acceptors (Lipinski definition) is 6. The van der Waals surface area contributed by atoms with Gasteiger partial charge in [-0.15, -0.1) is 0 Å². The first-order chi connectivity index (χ1) is 33.8. The summed E-state index contributed by atoms with van der Waals surface area (Å²) < 4.78 is 13.0. The molecule has 0 spiro atoms. The predicted molar refractivity (Wildman–Crippen MR) is 277 cm³/mol. The molecule has 2 N–H and O–H groups in total. The number of carbonyl (C=O) groups excluding carboxylic acids is 2. The summed E-state index contributed by atoms with van der Waals surface area (Å²) in [4.78, 5) is 30.5. The Morgan fingerprint density at radius 1 is 0.696 bits per heavy atom. The number of nitrogens with one attached hydrogen (secondary N) is 1. The number of allylic oxidation sites excluding steroid dienone is 1. The number of rotatable bonds is 17. The number of aliphatic hydroxyl groups excluding tert-OH is 1. The largest absolute Gasteiger partial charge is 0.444 e. The van der Waals surface area contributed by atoms with E-state index in [1.165, 1.54) is 61.6 Å². The molecule has 1 heterocycles. The van der Waals surface area contributed by atoms with Crippen LogP contribution in [0.1, 0.15) is 133 Å². The zero-order chi connectivity index (χ0) is 47.6. The Balaban J connectivity index is 0.905. The van der Waals surface area contributed by atoms with E-state index in [1.807, 2.05) is 108 Å². The van der Waals surface area contributed by atoms with Gasteiger partial charge in [-0.1, -0.05) is 196 Å². The highest BCUT2D eigenvalue weighted by molar-refractivity contribution is 6.31. The third kappa shape index (κ3) is 11.1. The molecule has 9 rings (SSSR count). The van der Waals surface area contributed by atoms with Crippen molar-refractivity contribution in [2.24, 2.45) is 0 Å². The van der Waals surface area contributed by atoms with Crippen molar-refractivity contribution < 1.29 is 24.2 Å². The number of likely N-dealkylation sites (tertiary alicyclic amines) is 1. The summed E-state index contributed by atoms with van der Waals surface area (Å²) in [5.41, 5.74) is 9.59. The van der Waals surface area contributed by atoms with Gasteiger partial charge in [0.25, 0.3) is 0 Å². The van der Waals surface area contributed by atoms with E-state index in [0.717, 1.165) is 58.2 Å². The fraction of sp³-hybridized carbons (Fsp3) is 0.344. The maximum Gasteiger partial charge on any atom is 0.307 e. The van der Waals surface area contributed by atoms with Gasteiger partial charge in [0.2, 0.25) is 12.3 Å². The van der Waals surface area contributed by atoms with Gasteiger partial charge in [-0.25, -0.2) is 0 Å². The van der Waals surface area contributed by atoms with E-state index in [0.29, 0.717) is 42.4 Å². The predicted octanol–water partition coefficient (Wildman–Crippen LogP) is 13.1. The van der Waals surface area contributed by atoms with Crippen molar-refractivity contribution in [1.29, 1.82) is 0 Å². The number of piperidine rings is 1. The van der Waals surface area contributed by atoms with E-state index in [4.69, 9.17) is 21.1 Å². The zero-order valence-corrected chi connectivity index (χ0v) is 40.4. The molecular weight excluding hydrogens is 876 g/mol. The minimum atomic E-state index is -1.37. The molecule has 3 aliphatic rings. The van der Waals surface area contributed by atoms with Crippen molar-refractivity contribution in [3.63, 3.8) is 0 Å². The first-order valence-electron chi connectivity index (χ1n) is 25.2. The quantitative estimate of drug-likeness (QED) is 0.0538. The molecule has 2 fully saturated rings. The lowest BCUT2D eigenvalue weighted by atomic mass is 9.78. The van der Waals surface area contributed by atoms with Crippen LogP contribution in [0.3, 0.4) is 0 Å². The average Bonchev–Trinajstić information content (AvgIpc) is 3.70. The van der Waals surface area contributed by atoms with Crippen LogP contribution in [0.2, 0.25) is 5.02 Å². The van der Waals surface area contributed by atoms with E-state index in [-0.39, 0.29) is 30.8 Å². The maximum atomic E-state index is 14.4. The molecule has 1 saturated carbocycles. The van der Waals surface area contributed by atoms with Crippen molar-refractivity contribution in [1.82, 2.24) is 10.2 Å². The van der Waals surface area contributed by atoms with E-state index in [2.05, 4.69) is 60.4 Å². The molecule has 6 aromatic rings. The van der Waals surface area contributed by atoms with Crippen molar-refractivity contribution >= 4 is 29.1 Å². The number of fused-ring (bicyclic) bond motifs is 3. The van der Waals surface area contributed by atoms with Gasteiger partial charge in [0.15, 0.2) is 5.60 Å². The van der Waals surface area contributed by atoms with Crippen LogP contribution in [0.4, 0.5) is 0 Å². The highest BCUT2D eigenvalue weighted by Crippen LogP contribution is 2.46. The Hall–Kier alpha value is -5.83. The number of amides is 1. The topological polar surface area (TPSA) is 88.1 Å². The highest BCUT2D eigenvalue weighted by atomic mass is 35.5. The van der Waals surface area contributed by atoms with Crippen LogP contribution < -0.4 is 5.32 Å². The number of ether oxygens (including phenoxy) is 2. The maximum absolute atomic E-state index is 14.4. The lowest BCUT2D eigenvalue weighted by Gasteiger charge is -2.36. The summed E-state index contributed by atoms with van der Waals surface area (Å²) in [7, 11) is 0. The van der Waals surface area contributed by atoms with Gasteiger partial charge in [0, 0.05) is 47.1 Å². The van der Waals surface area contributed by atoms with Crippen LogP contribution in [-0.2, 0) is 31.1 Å². The van der Waals surface area contributed by atoms with Crippen LogP contribution >= 0.6 is 11.6 Å². The summed E-state index contributed by atoms with van der Waals surface area (Å²) >= 11 is 7.05. The summed E-state index contributed by atoms with van der Waals surface area (Å²) in [5.74, 6) is 0.0365. The van der Waals surface area contributed by atoms with Gasteiger partial charge in [-0.3, -0.25) is 14.9 Å². The molecule has 0 radical (unpaired) electrons. The number of benzene rings is 6. The number of nitrogens with zero attached hydrogens (tertiary/aromatic N) is 1. The van der Waals surface area contributed by atoms with Gasteiger partial charge in [-0.2, -0.15) is 0 Å². The lowest BCUT2D eigenvalue weighted by Crippen LogP contribution is -2.52. The van der Waals surface area contributed by atoms with Crippen molar-refractivity contribution in [2.45, 2.75) is 113 Å². The first kappa shape index (κ1) is 48.2. The number of halogens is 1. The molecule has 1 saturated heterocycles. The van der Waals surface area contributed by atoms with E-state index in [9.17, 15) is 14.7 Å². The first-order valence-corrected chi connectivity index (χ1v) is 25.6. The molecule has 356 valence electrons. The number of aliphatic hydroxyl groups is 1. The Labute approximate surface area is 413 Å². The van der Waals surface area contributed by atoms with E-state index in [1.54, 1.807) is 0 Å². The summed E-state index contributed by atoms with van der Waals surface area (Å²) in [6.45, 7) is 6.06. The molecular formula is C61H65ClN2O5. The van der Waals surface area contributed by atoms with E-state index < -0.39 is 18.1 Å². The standard InChI is InChI=1S/C61H65ClN2O5/c1-43(32-37-58(65)69-61(48-24-9-5-10-25-48,55-30-15-16-31-56(55)62)49-35-33-46(34-36-49)45-21-7-3-2-4-8-22-45)47-23-19-20-44(40-47)41-57(59(66)64-38-17-6-18-39-64)63-60(67)68-42-54-52-28-13-11-26-50(52)51-27-12-14-29-53(51)54/h5,9-16,19-20,23-31,33-36,40,45,54,57,60,63,67H,1-4,6-8,17-18,21-22,32,37-39,41-42H2/t57-,60?,61?/m0/s1. The Morgan fingerprint density at radius 2 is 1.30 bits per heavy atom. The normalized spacial score (nSPS) is 17.1. The fourth-order valence-electron chi connectivity index (χ4n) is 11.0. The van der Waals surface area contributed by atoms with Crippen molar-refractivity contribution in [3.8, 4) is 11.1 Å². The summed E-state index contributed by atoms with van der Waals surface area (Å²) in [6.07, 6.45) is 11.2. The van der Waals surface area contributed by atoms with Crippen LogP contribution in [0.25, 0.3) is 16.7 Å². The number of hydrogen-bond donors (Lipinski definition) is 2. The molecule has 3 atom stereocenters. The molecule has 8 heteroatoms. The van der Waals surface area contributed by atoms with Crippen LogP contribution in [-0.4, -0.2) is 54.0 Å². The molecule has 6 aromatic carbocycles. The number of esters is 1. The highest BCUT2D eigenvalue weighted by Gasteiger charge is 2.42. The zero-order valence-electron chi connectivity index (χ0n) is 39.7. The molecule has 0 bridgehead atoms. The molecule has 0 aromatic heterocycles. The SMILES string of the molecule is C=C(CCC(=O)OC(c1ccccc1)(c1ccc(C2CCCCCCC2)cc1)c1ccccc1Cl)c1cccc(C[C@H](NC(O)OCC2c3ccccc3-c3ccccc32)C(=O)N2CCCCC2)c1. The van der Waals surface area contributed by atoms with Crippen molar-refractivity contribution in [2.75, 3.05) is 19.7 Å². The van der Waals surface area contributed by atoms with E-state index >= 15 is 0 Å². The van der Waals surface area contributed by atoms with Gasteiger partial charge < -0.3 is 19.5 Å². The van der Waals surface area contributed by atoms with Gasteiger partial charge in [-0.05, 0) is 101 Å². The molecule has 69 heavy (non-hydrogen) atoms. The molecule has 1 amide bonds. The lowest BCUT2D eigenvalue weighted by molar-refractivity contribution is -0.153. The second-order valence-corrected chi connectivity index (χ2v) is 19.6. The fourth-order valence-corrected chi connectivity index (χ4v) is 11.3. The summed E-state index contributed by atoms with van der Waals surface area (Å²) in [6, 6.07) is 50.1. The minimum Gasteiger partial charge on any atom is -0.444 e. The minimum absolute atomic E-state index is 0.0390. The van der Waals surface area contributed by atoms with Crippen molar-refractivity contribution in [3.05, 3.63) is 208 Å². The monoisotopic (exact) mass is 940 g/mol. The smallest absolute Gasteiger partial charge is 0.307 e. The molecule has 2 aliphatic carbocycles. The second kappa shape index (κ2) is 22.7. The van der Waals surface area contributed by atoms with Gasteiger partial charge >= 0.3 is 5.97 Å². The second-order valence-electron chi connectivity index (χ2n) is 19.2. The molecule has 1 aliphatic heterocycles. The van der Waals surface area contributed by atoms with Crippen LogP contribution in [0.15, 0.2) is 158 Å². The van der Waals surface area contributed by atoms with Gasteiger partial charge in [0.05, 0.1) is 12.6 Å². The third-order valence-electron chi connectivity index (χ3n) is 14.7. The number of carbonyl (C=O) groups is 2. The van der Waals surface area contributed by atoms with Gasteiger partial charge in [0.1, 0.15) is 0 Å². The third-order valence-corrected chi connectivity index (χ3v) is 15.0. The Morgan fingerprint density at radius 3 is 2.00 bits per heavy atom. The molecule has 7 nitrogen and oxygen atoms in total. The Kier molecular flexibility index (Phi) is 15.9. The average molecular weight is 942 g/mol. The molecule has 2 unspecified atom stereocenters. The Bertz CT molecular complexity index is 2640. The summed E-state index contributed by atoms with van der Waals surface area (Å²) in [5, 5.41) is 15.1.